The van der Waals surface area contributed by atoms with Crippen LogP contribution in [0.2, 0.25) is 0 Å². The van der Waals surface area contributed by atoms with Crippen LogP contribution < -0.4 is 10.6 Å². The molecule has 0 saturated carbocycles. The molecule has 4 rings (SSSR count). The maximum Gasteiger partial charge on any atom is 0.186 e. The van der Waals surface area contributed by atoms with Crippen LogP contribution in [0.3, 0.4) is 0 Å². The molecule has 3 heterocycles. The number of hydrogen-bond acceptors (Lipinski definition) is 5. The maximum atomic E-state index is 6.30. The minimum Gasteiger partial charge on any atom is -0.398 e. The van der Waals surface area contributed by atoms with Crippen LogP contribution in [0.15, 0.2) is 17.5 Å². The number of nitrogens with zero attached hydrogens (tertiary/aromatic N) is 2. The summed E-state index contributed by atoms with van der Waals surface area (Å²) in [6, 6.07) is 5.20. The molecule has 0 spiro atoms. The Morgan fingerprint density at radius 3 is 2.50 bits per heavy atom. The Hall–Kier alpha value is -1.59. The molecule has 2 aliphatic rings. The lowest BCUT2D eigenvalue weighted by atomic mass is 10.0. The second kappa shape index (κ2) is 7.11. The van der Waals surface area contributed by atoms with Gasteiger partial charge in [0.05, 0.1) is 31.0 Å². The van der Waals surface area contributed by atoms with E-state index in [1.54, 1.807) is 11.3 Å². The predicted octanol–water partition coefficient (Wildman–Crippen LogP) is 4.65. The first-order valence-corrected chi connectivity index (χ1v) is 8.71. The Kier molecular flexibility index (Phi) is 5.56. The summed E-state index contributed by atoms with van der Waals surface area (Å²) in [5, 5.41) is 3.24. The van der Waals surface area contributed by atoms with E-state index in [9.17, 15) is 0 Å². The lowest BCUT2D eigenvalue weighted by Crippen LogP contribution is -2.45. The smallest absolute Gasteiger partial charge is 0.186 e. The first kappa shape index (κ1) is 18.7. The van der Waals surface area contributed by atoms with E-state index in [1.165, 1.54) is 18.4 Å². The summed E-state index contributed by atoms with van der Waals surface area (Å²) >= 11 is 1.72. The molecule has 24 heavy (non-hydrogen) atoms. The highest BCUT2D eigenvalue weighted by molar-refractivity contribution is 7.14. The van der Waals surface area contributed by atoms with Gasteiger partial charge in [0.1, 0.15) is 0 Å². The minimum atomic E-state index is 0. The lowest BCUT2D eigenvalue weighted by molar-refractivity contribution is 0.0906. The Labute approximate surface area is 149 Å². The molecule has 0 radical (unpaired) electrons. The first-order chi connectivity index (χ1) is 10.6. The van der Waals surface area contributed by atoms with Crippen molar-refractivity contribution in [1.29, 1.82) is 0 Å². The molecule has 132 valence electrons. The fraction of sp³-hybridized carbons (Fsp3) is 0.526. The van der Waals surface area contributed by atoms with Gasteiger partial charge in [-0.2, -0.15) is 0 Å². The molecule has 0 amide bonds. The summed E-state index contributed by atoms with van der Waals surface area (Å²) in [4.78, 5) is 7.35. The molecule has 2 fully saturated rings. The van der Waals surface area contributed by atoms with Crippen molar-refractivity contribution in [2.75, 3.05) is 23.8 Å². The third-order valence-corrected chi connectivity index (χ3v) is 5.87. The number of morpholine rings is 1. The topological polar surface area (TPSA) is 51.4 Å². The van der Waals surface area contributed by atoms with E-state index in [0.29, 0.717) is 12.1 Å². The van der Waals surface area contributed by atoms with E-state index in [0.717, 1.165) is 40.9 Å². The van der Waals surface area contributed by atoms with Crippen molar-refractivity contribution < 1.29 is 4.74 Å². The number of nitrogens with two attached hydrogens (primary N) is 1. The number of anilines is 2. The first-order valence-electron chi connectivity index (χ1n) is 7.83. The van der Waals surface area contributed by atoms with Crippen molar-refractivity contribution in [2.45, 2.75) is 53.6 Å². The summed E-state index contributed by atoms with van der Waals surface area (Å²) in [7, 11) is 0. The van der Waals surface area contributed by atoms with Gasteiger partial charge in [-0.15, -0.1) is 11.3 Å². The largest absolute Gasteiger partial charge is 0.398 e. The molecule has 2 aromatic rings. The van der Waals surface area contributed by atoms with Crippen LogP contribution in [0.25, 0.3) is 11.3 Å². The molecule has 4 nitrogen and oxygen atoms in total. The Balaban J connectivity index is 0.00000104. The van der Waals surface area contributed by atoms with Gasteiger partial charge in [-0.25, -0.2) is 4.98 Å². The van der Waals surface area contributed by atoms with Gasteiger partial charge in [0.15, 0.2) is 5.13 Å². The minimum absolute atomic E-state index is 0. The van der Waals surface area contributed by atoms with Crippen molar-refractivity contribution >= 4 is 22.2 Å². The van der Waals surface area contributed by atoms with Gasteiger partial charge in [0.25, 0.3) is 0 Å². The predicted molar refractivity (Wildman–Crippen MR) is 105 cm³/mol. The average Bonchev–Trinajstić information content (AvgIpc) is 3.07. The summed E-state index contributed by atoms with van der Waals surface area (Å²) in [5.74, 6) is 0. The maximum absolute atomic E-state index is 6.30. The SMILES string of the molecule is C.C.Cc1ccc(-c2csc(N3C4CCC3COC4)n2)c(N)c1C. The number of aromatic nitrogens is 1. The van der Waals surface area contributed by atoms with Crippen LogP contribution in [-0.4, -0.2) is 30.3 Å². The number of nitrogen functional groups attached to an aromatic ring is 1. The standard InChI is InChI=1S/C17H21N3OS.2CH4/c1-10-3-6-14(16(18)11(10)2)15-9-22-17(19-15)20-12-4-5-13(20)8-21-7-12;;/h3,6,9,12-13H,4-5,7-8,18H2,1-2H3;2*1H4. The van der Waals surface area contributed by atoms with E-state index in [4.69, 9.17) is 15.5 Å². The normalized spacial score (nSPS) is 22.0. The quantitative estimate of drug-likeness (QED) is 0.804. The van der Waals surface area contributed by atoms with E-state index < -0.39 is 0 Å². The highest BCUT2D eigenvalue weighted by Gasteiger charge is 2.38. The van der Waals surface area contributed by atoms with Gasteiger partial charge >= 0.3 is 0 Å². The van der Waals surface area contributed by atoms with Crippen LogP contribution >= 0.6 is 11.3 Å². The molecule has 5 heteroatoms. The zero-order valence-electron chi connectivity index (χ0n) is 13.0. The number of benzene rings is 1. The average molecular weight is 348 g/mol. The van der Waals surface area contributed by atoms with Gasteiger partial charge in [-0.05, 0) is 37.8 Å². The van der Waals surface area contributed by atoms with E-state index in [2.05, 4.69) is 36.3 Å². The number of fused-ring (bicyclic) bond motifs is 2. The molecule has 2 aliphatic heterocycles. The van der Waals surface area contributed by atoms with E-state index >= 15 is 0 Å². The summed E-state index contributed by atoms with van der Waals surface area (Å²) in [6.07, 6.45) is 2.43. The van der Waals surface area contributed by atoms with Crippen LogP contribution in [0.1, 0.15) is 38.8 Å². The second-order valence-corrected chi connectivity index (χ2v) is 7.15. The van der Waals surface area contributed by atoms with Gasteiger partial charge < -0.3 is 15.4 Å². The molecule has 2 atom stereocenters. The number of hydrogen-bond donors (Lipinski definition) is 1. The van der Waals surface area contributed by atoms with Gasteiger partial charge in [-0.1, -0.05) is 27.0 Å². The number of aryl methyl sites for hydroxylation is 1. The molecule has 2 saturated heterocycles. The third-order valence-electron chi connectivity index (χ3n) is 5.01. The number of ether oxygens (including phenoxy) is 1. The van der Waals surface area contributed by atoms with Crippen molar-refractivity contribution in [3.63, 3.8) is 0 Å². The van der Waals surface area contributed by atoms with E-state index in [-0.39, 0.29) is 14.9 Å². The Bertz CT molecular complexity index is 697. The fourth-order valence-electron chi connectivity index (χ4n) is 3.51. The molecule has 0 aliphatic carbocycles. The van der Waals surface area contributed by atoms with Gasteiger partial charge in [0, 0.05) is 16.6 Å². The highest BCUT2D eigenvalue weighted by Crippen LogP contribution is 2.38. The lowest BCUT2D eigenvalue weighted by Gasteiger charge is -2.34. The van der Waals surface area contributed by atoms with Gasteiger partial charge in [0.2, 0.25) is 0 Å². The zero-order valence-corrected chi connectivity index (χ0v) is 13.8. The number of thiazole rings is 1. The molecule has 2 bridgehead atoms. The monoisotopic (exact) mass is 347 g/mol. The molecular weight excluding hydrogens is 318 g/mol. The van der Waals surface area contributed by atoms with Gasteiger partial charge in [-0.3, -0.25) is 0 Å². The highest BCUT2D eigenvalue weighted by atomic mass is 32.1. The van der Waals surface area contributed by atoms with Crippen LogP contribution in [0.4, 0.5) is 10.8 Å². The van der Waals surface area contributed by atoms with Crippen LogP contribution in [-0.2, 0) is 4.74 Å². The molecular formula is C19H29N3OS. The summed E-state index contributed by atoms with van der Waals surface area (Å²) in [5.41, 5.74) is 11.6. The second-order valence-electron chi connectivity index (χ2n) is 6.31. The van der Waals surface area contributed by atoms with Crippen molar-refractivity contribution in [3.05, 3.63) is 28.6 Å². The fourth-order valence-corrected chi connectivity index (χ4v) is 4.48. The number of rotatable bonds is 2. The van der Waals surface area contributed by atoms with Crippen molar-refractivity contribution in [2.24, 2.45) is 0 Å². The van der Waals surface area contributed by atoms with Crippen molar-refractivity contribution in [3.8, 4) is 11.3 Å². The van der Waals surface area contributed by atoms with Crippen LogP contribution in [0, 0.1) is 13.8 Å². The Morgan fingerprint density at radius 2 is 1.83 bits per heavy atom. The summed E-state index contributed by atoms with van der Waals surface area (Å²) in [6.45, 7) is 5.82. The molecule has 1 aromatic carbocycles. The van der Waals surface area contributed by atoms with Crippen molar-refractivity contribution in [1.82, 2.24) is 4.98 Å². The zero-order chi connectivity index (χ0) is 15.3. The molecule has 1 aromatic heterocycles. The van der Waals surface area contributed by atoms with Crippen LogP contribution in [0.5, 0.6) is 0 Å². The Morgan fingerprint density at radius 1 is 1.17 bits per heavy atom. The third kappa shape index (κ3) is 2.91. The molecule has 2 N–H and O–H groups in total. The summed E-state index contributed by atoms with van der Waals surface area (Å²) < 4.78 is 5.66. The molecule has 2 unspecified atom stereocenters. The van der Waals surface area contributed by atoms with E-state index in [1.807, 2.05) is 0 Å².